The van der Waals surface area contributed by atoms with E-state index in [2.05, 4.69) is 31.1 Å². The van der Waals surface area contributed by atoms with Crippen molar-refractivity contribution in [3.05, 3.63) is 34.9 Å². The maximum Gasteiger partial charge on any atom is 0.130 e. The first-order valence-electron chi connectivity index (χ1n) is 5.34. The van der Waals surface area contributed by atoms with Gasteiger partial charge in [0, 0.05) is 11.1 Å². The summed E-state index contributed by atoms with van der Waals surface area (Å²) in [6.07, 6.45) is 0.361. The number of halogens is 2. The molecule has 0 fully saturated rings. The van der Waals surface area contributed by atoms with Crippen LogP contribution in [0.4, 0.5) is 8.78 Å². The second-order valence-corrected chi connectivity index (χ2v) is 9.52. The Balaban J connectivity index is 3.13. The van der Waals surface area contributed by atoms with E-state index in [0.717, 1.165) is 0 Å². The zero-order valence-electron chi connectivity index (χ0n) is 10.1. The zero-order valence-corrected chi connectivity index (χ0v) is 11.1. The van der Waals surface area contributed by atoms with Crippen LogP contribution in [0.5, 0.6) is 0 Å². The van der Waals surface area contributed by atoms with Crippen molar-refractivity contribution < 1.29 is 8.78 Å². The van der Waals surface area contributed by atoms with Gasteiger partial charge >= 0.3 is 0 Å². The minimum Gasteiger partial charge on any atom is -0.207 e. The lowest BCUT2D eigenvalue weighted by atomic mass is 10.1. The predicted molar refractivity (Wildman–Crippen MR) is 66.0 cm³/mol. The molecular formula is C13H16F2Si. The van der Waals surface area contributed by atoms with Crippen molar-refractivity contribution in [1.82, 2.24) is 0 Å². The van der Waals surface area contributed by atoms with Crippen LogP contribution in [0, 0.1) is 23.1 Å². The second-order valence-electron chi connectivity index (χ2n) is 4.77. The lowest BCUT2D eigenvalue weighted by Gasteiger charge is -2.05. The van der Waals surface area contributed by atoms with E-state index in [1.807, 2.05) is 0 Å². The fourth-order valence-electron chi connectivity index (χ4n) is 1.27. The average Bonchev–Trinajstić information content (AvgIpc) is 2.13. The van der Waals surface area contributed by atoms with Crippen LogP contribution in [-0.2, 0) is 6.42 Å². The van der Waals surface area contributed by atoms with Crippen molar-refractivity contribution >= 4 is 8.07 Å². The van der Waals surface area contributed by atoms with Gasteiger partial charge in [-0.3, -0.25) is 0 Å². The third kappa shape index (κ3) is 3.46. The summed E-state index contributed by atoms with van der Waals surface area (Å²) in [4.78, 5) is 0. The Bertz CT molecular complexity index is 424. The number of benzene rings is 1. The van der Waals surface area contributed by atoms with Crippen LogP contribution in [0.2, 0.25) is 19.6 Å². The monoisotopic (exact) mass is 238 g/mol. The molecule has 0 unspecified atom stereocenters. The topological polar surface area (TPSA) is 0 Å². The number of hydrogen-bond acceptors (Lipinski definition) is 0. The highest BCUT2D eigenvalue weighted by Crippen LogP contribution is 2.15. The molecule has 0 spiro atoms. The molecule has 0 N–H and O–H groups in total. The van der Waals surface area contributed by atoms with Crippen LogP contribution in [-0.4, -0.2) is 8.07 Å². The first-order valence-corrected chi connectivity index (χ1v) is 8.84. The van der Waals surface area contributed by atoms with Crippen molar-refractivity contribution in [2.24, 2.45) is 0 Å². The first kappa shape index (κ1) is 12.9. The van der Waals surface area contributed by atoms with E-state index < -0.39 is 19.7 Å². The third-order valence-corrected chi connectivity index (χ3v) is 2.95. The maximum atomic E-state index is 13.4. The summed E-state index contributed by atoms with van der Waals surface area (Å²) in [5, 5.41) is 0. The van der Waals surface area contributed by atoms with E-state index in [1.165, 1.54) is 12.1 Å². The zero-order chi connectivity index (χ0) is 12.3. The molecule has 0 bridgehead atoms. The van der Waals surface area contributed by atoms with Crippen LogP contribution in [0.15, 0.2) is 12.1 Å². The van der Waals surface area contributed by atoms with Crippen LogP contribution < -0.4 is 0 Å². The molecule has 3 heteroatoms. The summed E-state index contributed by atoms with van der Waals surface area (Å²) in [7, 11) is -1.50. The molecular weight excluding hydrogens is 222 g/mol. The minimum absolute atomic E-state index is 0.138. The standard InChI is InChI=1S/C13H16F2Si/c1-5-11-12(14)8-10(9-13(11)15)6-7-16(2,3)4/h8-9H,5H2,1-4H3. The molecule has 0 aliphatic rings. The molecule has 1 aromatic carbocycles. The van der Waals surface area contributed by atoms with Crippen LogP contribution >= 0.6 is 0 Å². The van der Waals surface area contributed by atoms with Gasteiger partial charge in [0.15, 0.2) is 0 Å². The van der Waals surface area contributed by atoms with Crippen molar-refractivity contribution in [3.8, 4) is 11.5 Å². The van der Waals surface area contributed by atoms with E-state index in [-0.39, 0.29) is 5.56 Å². The van der Waals surface area contributed by atoms with Crippen LogP contribution in [0.1, 0.15) is 18.1 Å². The predicted octanol–water partition coefficient (Wildman–Crippen LogP) is 3.76. The number of rotatable bonds is 1. The molecule has 0 radical (unpaired) electrons. The van der Waals surface area contributed by atoms with Gasteiger partial charge in [-0.2, -0.15) is 0 Å². The van der Waals surface area contributed by atoms with E-state index in [0.29, 0.717) is 12.0 Å². The molecule has 0 aliphatic heterocycles. The smallest absolute Gasteiger partial charge is 0.130 e. The van der Waals surface area contributed by atoms with Crippen molar-refractivity contribution in [3.63, 3.8) is 0 Å². The Kier molecular flexibility index (Phi) is 3.87. The quantitative estimate of drug-likeness (QED) is 0.516. The summed E-state index contributed by atoms with van der Waals surface area (Å²) in [5.41, 5.74) is 3.65. The molecule has 0 aliphatic carbocycles. The number of hydrogen-bond donors (Lipinski definition) is 0. The van der Waals surface area contributed by atoms with Gasteiger partial charge in [0.25, 0.3) is 0 Å². The van der Waals surface area contributed by atoms with Crippen molar-refractivity contribution in [2.45, 2.75) is 33.0 Å². The molecule has 0 saturated heterocycles. The average molecular weight is 238 g/mol. The van der Waals surface area contributed by atoms with Gasteiger partial charge in [-0.05, 0) is 18.6 Å². The van der Waals surface area contributed by atoms with Crippen LogP contribution in [0.25, 0.3) is 0 Å². The Hall–Kier alpha value is -1.14. The highest BCUT2D eigenvalue weighted by atomic mass is 28.3. The van der Waals surface area contributed by atoms with Gasteiger partial charge in [0.1, 0.15) is 19.7 Å². The normalized spacial score (nSPS) is 10.9. The second kappa shape index (κ2) is 4.79. The van der Waals surface area contributed by atoms with E-state index in [4.69, 9.17) is 0 Å². The molecule has 0 heterocycles. The summed E-state index contributed by atoms with van der Waals surface area (Å²) >= 11 is 0. The van der Waals surface area contributed by atoms with Crippen molar-refractivity contribution in [2.75, 3.05) is 0 Å². The van der Waals surface area contributed by atoms with Gasteiger partial charge in [0.2, 0.25) is 0 Å². The fraction of sp³-hybridized carbons (Fsp3) is 0.385. The molecule has 0 amide bonds. The van der Waals surface area contributed by atoms with E-state index >= 15 is 0 Å². The lowest BCUT2D eigenvalue weighted by molar-refractivity contribution is 0.558. The molecule has 1 rings (SSSR count). The minimum atomic E-state index is -1.50. The van der Waals surface area contributed by atoms with Gasteiger partial charge < -0.3 is 0 Å². The summed E-state index contributed by atoms with van der Waals surface area (Å²) < 4.78 is 26.9. The Morgan fingerprint density at radius 2 is 1.62 bits per heavy atom. The Labute approximate surface area is 96.7 Å². The summed E-state index contributed by atoms with van der Waals surface area (Å²) in [6, 6.07) is 2.63. The van der Waals surface area contributed by atoms with Crippen LogP contribution in [0.3, 0.4) is 0 Å². The molecule has 86 valence electrons. The Morgan fingerprint density at radius 1 is 1.12 bits per heavy atom. The van der Waals surface area contributed by atoms with E-state index in [1.54, 1.807) is 6.92 Å². The molecule has 1 aromatic rings. The van der Waals surface area contributed by atoms with Gasteiger partial charge in [-0.15, -0.1) is 5.54 Å². The molecule has 0 aromatic heterocycles. The van der Waals surface area contributed by atoms with E-state index in [9.17, 15) is 8.78 Å². The SMILES string of the molecule is CCc1c(F)cc(C#C[Si](C)(C)C)cc1F. The molecule has 0 atom stereocenters. The molecule has 16 heavy (non-hydrogen) atoms. The third-order valence-electron chi connectivity index (χ3n) is 2.08. The largest absolute Gasteiger partial charge is 0.207 e. The summed E-state index contributed by atoms with van der Waals surface area (Å²) in [5.74, 6) is 1.85. The fourth-order valence-corrected chi connectivity index (χ4v) is 1.79. The summed E-state index contributed by atoms with van der Waals surface area (Å²) in [6.45, 7) is 8.00. The highest BCUT2D eigenvalue weighted by molar-refractivity contribution is 6.83. The van der Waals surface area contributed by atoms with Crippen molar-refractivity contribution in [1.29, 1.82) is 0 Å². The van der Waals surface area contributed by atoms with Gasteiger partial charge in [-0.1, -0.05) is 32.5 Å². The lowest BCUT2D eigenvalue weighted by Crippen LogP contribution is -2.16. The van der Waals surface area contributed by atoms with Gasteiger partial charge in [0.05, 0.1) is 0 Å². The maximum absolute atomic E-state index is 13.4. The van der Waals surface area contributed by atoms with Gasteiger partial charge in [-0.25, -0.2) is 8.78 Å². The molecule has 0 saturated carbocycles. The molecule has 0 nitrogen and oxygen atoms in total. The highest BCUT2D eigenvalue weighted by Gasteiger charge is 2.10. The Morgan fingerprint density at radius 3 is 2.00 bits per heavy atom. The first-order chi connectivity index (χ1) is 7.33.